The van der Waals surface area contributed by atoms with E-state index in [0.717, 1.165) is 11.3 Å². The number of carbonyl (C=O) groups excluding carboxylic acids is 1. The maximum absolute atomic E-state index is 12.7. The van der Waals surface area contributed by atoms with Gasteiger partial charge in [-0.1, -0.05) is 37.6 Å². The van der Waals surface area contributed by atoms with Gasteiger partial charge in [0.2, 0.25) is 0 Å². The summed E-state index contributed by atoms with van der Waals surface area (Å²) in [5.74, 6) is 0.619. The number of carbonyl (C=O) groups is 1. The normalized spacial score (nSPS) is 11.9. The average molecular weight is 377 g/mol. The predicted molar refractivity (Wildman–Crippen MR) is 101 cm³/mol. The molecule has 0 saturated carbocycles. The number of hydrogen-bond donors (Lipinski definition) is 1. The zero-order valence-electron chi connectivity index (χ0n) is 14.9. The van der Waals surface area contributed by atoms with E-state index in [1.54, 1.807) is 7.11 Å². The fourth-order valence-corrected chi connectivity index (χ4v) is 2.83. The van der Waals surface area contributed by atoms with Gasteiger partial charge in [0.25, 0.3) is 11.6 Å². The van der Waals surface area contributed by atoms with Gasteiger partial charge in [-0.05, 0) is 36.1 Å². The molecule has 0 spiro atoms. The minimum absolute atomic E-state index is 0.0862. The topological polar surface area (TPSA) is 81.5 Å². The highest BCUT2D eigenvalue weighted by Gasteiger charge is 2.21. The van der Waals surface area contributed by atoms with Crippen LogP contribution in [0.25, 0.3) is 0 Å². The molecule has 0 aromatic heterocycles. The SMILES string of the molecule is COc1ccc([C@@H](CC(C)C)NC(=O)c2cc([N+](=O)[O-])ccc2Cl)cc1. The molecule has 138 valence electrons. The van der Waals surface area contributed by atoms with Crippen molar-refractivity contribution in [3.63, 3.8) is 0 Å². The van der Waals surface area contributed by atoms with E-state index in [1.165, 1.54) is 18.2 Å². The molecule has 0 saturated heterocycles. The zero-order valence-corrected chi connectivity index (χ0v) is 15.6. The molecule has 0 radical (unpaired) electrons. The van der Waals surface area contributed by atoms with Crippen LogP contribution in [0.15, 0.2) is 42.5 Å². The van der Waals surface area contributed by atoms with Crippen molar-refractivity contribution in [2.24, 2.45) is 5.92 Å². The molecule has 1 N–H and O–H groups in total. The first-order chi connectivity index (χ1) is 12.3. The number of nitro benzene ring substituents is 1. The Labute approximate surface area is 157 Å². The van der Waals surface area contributed by atoms with Crippen LogP contribution in [0.2, 0.25) is 5.02 Å². The summed E-state index contributed by atoms with van der Waals surface area (Å²) >= 11 is 6.07. The van der Waals surface area contributed by atoms with E-state index < -0.39 is 10.8 Å². The number of ether oxygens (including phenoxy) is 1. The second kappa shape index (κ2) is 8.67. The summed E-state index contributed by atoms with van der Waals surface area (Å²) in [7, 11) is 1.59. The van der Waals surface area contributed by atoms with Gasteiger partial charge in [0, 0.05) is 12.1 Å². The lowest BCUT2D eigenvalue weighted by Gasteiger charge is -2.21. The standard InChI is InChI=1S/C19H21ClN2O4/c1-12(2)10-18(13-4-7-15(26-3)8-5-13)21-19(23)16-11-14(22(24)25)6-9-17(16)20/h4-9,11-12,18H,10H2,1-3H3,(H,21,23)/t18-/m1/s1. The summed E-state index contributed by atoms with van der Waals surface area (Å²) in [6.45, 7) is 4.12. The van der Waals surface area contributed by atoms with Crippen molar-refractivity contribution in [2.45, 2.75) is 26.3 Å². The average Bonchev–Trinajstić information content (AvgIpc) is 2.61. The van der Waals surface area contributed by atoms with Crippen LogP contribution < -0.4 is 10.1 Å². The van der Waals surface area contributed by atoms with E-state index in [4.69, 9.17) is 16.3 Å². The number of nitro groups is 1. The van der Waals surface area contributed by atoms with Gasteiger partial charge in [0.1, 0.15) is 5.75 Å². The zero-order chi connectivity index (χ0) is 19.3. The highest BCUT2D eigenvalue weighted by Crippen LogP contribution is 2.26. The van der Waals surface area contributed by atoms with Gasteiger partial charge in [0.05, 0.1) is 28.7 Å². The third-order valence-electron chi connectivity index (χ3n) is 3.94. The molecule has 0 bridgehead atoms. The van der Waals surface area contributed by atoms with E-state index in [-0.39, 0.29) is 22.3 Å². The predicted octanol–water partition coefficient (Wildman–Crippen LogP) is 4.77. The molecule has 0 aliphatic carbocycles. The number of rotatable bonds is 7. The number of halogens is 1. The molecule has 1 atom stereocenters. The fraction of sp³-hybridized carbons (Fsp3) is 0.316. The summed E-state index contributed by atoms with van der Waals surface area (Å²) in [4.78, 5) is 23.1. The summed E-state index contributed by atoms with van der Waals surface area (Å²) in [6, 6.07) is 11.0. The second-order valence-electron chi connectivity index (χ2n) is 6.35. The van der Waals surface area contributed by atoms with Crippen molar-refractivity contribution in [1.82, 2.24) is 5.32 Å². The van der Waals surface area contributed by atoms with Crippen molar-refractivity contribution in [1.29, 1.82) is 0 Å². The molecule has 0 aliphatic rings. The van der Waals surface area contributed by atoms with Crippen LogP contribution in [-0.4, -0.2) is 17.9 Å². The van der Waals surface area contributed by atoms with Crippen LogP contribution in [0.4, 0.5) is 5.69 Å². The highest BCUT2D eigenvalue weighted by molar-refractivity contribution is 6.33. The lowest BCUT2D eigenvalue weighted by molar-refractivity contribution is -0.384. The largest absolute Gasteiger partial charge is 0.497 e. The molecular weight excluding hydrogens is 356 g/mol. The van der Waals surface area contributed by atoms with Crippen LogP contribution in [0.5, 0.6) is 5.75 Å². The minimum atomic E-state index is -0.553. The van der Waals surface area contributed by atoms with Crippen LogP contribution in [-0.2, 0) is 0 Å². The Balaban J connectivity index is 2.28. The third kappa shape index (κ3) is 4.95. The lowest BCUT2D eigenvalue weighted by Crippen LogP contribution is -2.29. The van der Waals surface area contributed by atoms with E-state index in [9.17, 15) is 14.9 Å². The fourth-order valence-electron chi connectivity index (χ4n) is 2.62. The van der Waals surface area contributed by atoms with E-state index in [2.05, 4.69) is 19.2 Å². The summed E-state index contributed by atoms with van der Waals surface area (Å²) in [5, 5.41) is 14.1. The maximum atomic E-state index is 12.7. The first-order valence-corrected chi connectivity index (χ1v) is 8.58. The molecule has 26 heavy (non-hydrogen) atoms. The van der Waals surface area contributed by atoms with Crippen molar-refractivity contribution < 1.29 is 14.5 Å². The number of methoxy groups -OCH3 is 1. The molecule has 2 rings (SSSR count). The van der Waals surface area contributed by atoms with Gasteiger partial charge >= 0.3 is 0 Å². The Morgan fingerprint density at radius 1 is 1.23 bits per heavy atom. The Kier molecular flexibility index (Phi) is 6.58. The Bertz CT molecular complexity index is 791. The number of nitrogens with zero attached hydrogens (tertiary/aromatic N) is 1. The van der Waals surface area contributed by atoms with Gasteiger partial charge in [-0.15, -0.1) is 0 Å². The first kappa shape index (κ1) is 19.7. The number of non-ortho nitro benzene ring substituents is 1. The van der Waals surface area contributed by atoms with Crippen LogP contribution >= 0.6 is 11.6 Å². The van der Waals surface area contributed by atoms with Gasteiger partial charge in [0.15, 0.2) is 0 Å². The van der Waals surface area contributed by atoms with E-state index in [1.807, 2.05) is 24.3 Å². The van der Waals surface area contributed by atoms with Crippen molar-refractivity contribution >= 4 is 23.2 Å². The summed E-state index contributed by atoms with van der Waals surface area (Å²) in [6.07, 6.45) is 0.713. The quantitative estimate of drug-likeness (QED) is 0.557. The first-order valence-electron chi connectivity index (χ1n) is 8.20. The van der Waals surface area contributed by atoms with Crippen LogP contribution in [0.1, 0.15) is 42.2 Å². The Morgan fingerprint density at radius 2 is 1.88 bits per heavy atom. The number of benzene rings is 2. The number of hydrogen-bond acceptors (Lipinski definition) is 4. The van der Waals surface area contributed by atoms with Gasteiger partial charge in [-0.3, -0.25) is 14.9 Å². The summed E-state index contributed by atoms with van der Waals surface area (Å²) in [5.41, 5.74) is 0.835. The van der Waals surface area contributed by atoms with Crippen LogP contribution in [0, 0.1) is 16.0 Å². The molecule has 0 fully saturated rings. The smallest absolute Gasteiger partial charge is 0.270 e. The molecule has 0 unspecified atom stereocenters. The molecule has 6 nitrogen and oxygen atoms in total. The maximum Gasteiger partial charge on any atom is 0.270 e. The Morgan fingerprint density at radius 3 is 2.42 bits per heavy atom. The monoisotopic (exact) mass is 376 g/mol. The molecule has 2 aromatic rings. The van der Waals surface area contributed by atoms with E-state index >= 15 is 0 Å². The molecule has 2 aromatic carbocycles. The van der Waals surface area contributed by atoms with Gasteiger partial charge < -0.3 is 10.1 Å². The number of amides is 1. The van der Waals surface area contributed by atoms with Crippen molar-refractivity contribution in [2.75, 3.05) is 7.11 Å². The number of nitrogens with one attached hydrogen (secondary N) is 1. The van der Waals surface area contributed by atoms with Gasteiger partial charge in [-0.2, -0.15) is 0 Å². The molecule has 0 aliphatic heterocycles. The second-order valence-corrected chi connectivity index (χ2v) is 6.76. The Hall–Kier alpha value is -2.60. The summed E-state index contributed by atoms with van der Waals surface area (Å²) < 4.78 is 5.16. The minimum Gasteiger partial charge on any atom is -0.497 e. The lowest BCUT2D eigenvalue weighted by atomic mass is 9.96. The molecular formula is C19H21ClN2O4. The highest BCUT2D eigenvalue weighted by atomic mass is 35.5. The van der Waals surface area contributed by atoms with Crippen molar-refractivity contribution in [3.8, 4) is 5.75 Å². The third-order valence-corrected chi connectivity index (χ3v) is 4.27. The van der Waals surface area contributed by atoms with Crippen molar-refractivity contribution in [3.05, 3.63) is 68.7 Å². The van der Waals surface area contributed by atoms with Gasteiger partial charge in [-0.25, -0.2) is 0 Å². The molecule has 0 heterocycles. The van der Waals surface area contributed by atoms with Crippen LogP contribution in [0.3, 0.4) is 0 Å². The van der Waals surface area contributed by atoms with E-state index in [0.29, 0.717) is 12.3 Å². The molecule has 7 heteroatoms. The molecule has 1 amide bonds.